The quantitative estimate of drug-likeness (QED) is 0.692. The Morgan fingerprint density at radius 1 is 1.03 bits per heavy atom. The number of carbonyl (C=O) groups excluding carboxylic acids is 1. The molecule has 30 heavy (non-hydrogen) atoms. The molecule has 0 aliphatic carbocycles. The predicted octanol–water partition coefficient (Wildman–Crippen LogP) is 3.57. The van der Waals surface area contributed by atoms with Crippen molar-refractivity contribution in [2.24, 2.45) is 0 Å². The van der Waals surface area contributed by atoms with Crippen LogP contribution < -0.4 is 29.7 Å². The first-order chi connectivity index (χ1) is 14.6. The van der Waals surface area contributed by atoms with E-state index in [1.54, 1.807) is 14.2 Å². The molecule has 1 fully saturated rings. The number of hydrogen-bond donors (Lipinski definition) is 2. The van der Waals surface area contributed by atoms with Crippen LogP contribution in [0.2, 0.25) is 0 Å². The Balaban J connectivity index is 1.43. The van der Waals surface area contributed by atoms with Gasteiger partial charge in [-0.05, 0) is 61.7 Å². The second-order valence-electron chi connectivity index (χ2n) is 7.20. The lowest BCUT2D eigenvalue weighted by Gasteiger charge is -2.34. The Morgan fingerprint density at radius 3 is 2.40 bits per heavy atom. The molecule has 1 saturated heterocycles. The fraction of sp³-hybridized carbons (Fsp3) is 0.435. The van der Waals surface area contributed by atoms with Gasteiger partial charge in [-0.3, -0.25) is 0 Å². The van der Waals surface area contributed by atoms with Crippen LogP contribution in [0.1, 0.15) is 25.3 Å². The van der Waals surface area contributed by atoms with E-state index >= 15 is 0 Å². The number of urea groups is 1. The highest BCUT2D eigenvalue weighted by molar-refractivity contribution is 5.74. The van der Waals surface area contributed by atoms with Crippen LogP contribution in [-0.4, -0.2) is 46.0 Å². The van der Waals surface area contributed by atoms with E-state index in [4.69, 9.17) is 14.2 Å². The van der Waals surface area contributed by atoms with Gasteiger partial charge in [0.05, 0.1) is 20.8 Å². The van der Waals surface area contributed by atoms with Crippen molar-refractivity contribution in [2.75, 3.05) is 38.8 Å². The third-order valence-electron chi connectivity index (χ3n) is 5.25. The van der Waals surface area contributed by atoms with Gasteiger partial charge < -0.3 is 29.7 Å². The molecule has 2 N–H and O–H groups in total. The number of amides is 2. The molecule has 0 saturated carbocycles. The van der Waals surface area contributed by atoms with Gasteiger partial charge in [-0.25, -0.2) is 4.79 Å². The molecular formula is C23H31N3O4. The summed E-state index contributed by atoms with van der Waals surface area (Å²) >= 11 is 0. The van der Waals surface area contributed by atoms with Crippen molar-refractivity contribution < 1.29 is 19.0 Å². The normalized spacial score (nSPS) is 14.2. The van der Waals surface area contributed by atoms with E-state index in [1.807, 2.05) is 37.3 Å². The van der Waals surface area contributed by atoms with E-state index in [2.05, 4.69) is 27.7 Å². The molecule has 1 heterocycles. The summed E-state index contributed by atoms with van der Waals surface area (Å²) in [5.41, 5.74) is 2.14. The van der Waals surface area contributed by atoms with E-state index in [-0.39, 0.29) is 12.1 Å². The van der Waals surface area contributed by atoms with Crippen molar-refractivity contribution in [3.63, 3.8) is 0 Å². The summed E-state index contributed by atoms with van der Waals surface area (Å²) in [4.78, 5) is 14.7. The monoisotopic (exact) mass is 413 g/mol. The number of anilines is 1. The average Bonchev–Trinajstić information content (AvgIpc) is 2.79. The molecule has 0 atom stereocenters. The molecule has 0 aromatic heterocycles. The van der Waals surface area contributed by atoms with E-state index in [1.165, 1.54) is 5.69 Å². The maximum Gasteiger partial charge on any atom is 0.315 e. The lowest BCUT2D eigenvalue weighted by atomic mass is 10.0. The third kappa shape index (κ3) is 5.72. The summed E-state index contributed by atoms with van der Waals surface area (Å²) in [6.07, 6.45) is 1.83. The first kappa shape index (κ1) is 21.6. The van der Waals surface area contributed by atoms with Crippen LogP contribution in [0, 0.1) is 0 Å². The number of carbonyl (C=O) groups is 1. The third-order valence-corrected chi connectivity index (χ3v) is 5.25. The molecule has 2 aromatic rings. The van der Waals surface area contributed by atoms with Crippen molar-refractivity contribution >= 4 is 11.7 Å². The first-order valence-corrected chi connectivity index (χ1v) is 10.4. The van der Waals surface area contributed by atoms with Crippen LogP contribution in [0.4, 0.5) is 10.5 Å². The van der Waals surface area contributed by atoms with Crippen LogP contribution in [0.25, 0.3) is 0 Å². The Bertz CT molecular complexity index is 818. The van der Waals surface area contributed by atoms with Gasteiger partial charge >= 0.3 is 6.03 Å². The number of piperidine rings is 1. The minimum Gasteiger partial charge on any atom is -0.497 e. The molecule has 1 aliphatic rings. The molecule has 3 rings (SSSR count). The minimum atomic E-state index is -0.147. The summed E-state index contributed by atoms with van der Waals surface area (Å²) in [5, 5.41) is 6.02. The van der Waals surface area contributed by atoms with Gasteiger partial charge in [0.25, 0.3) is 0 Å². The number of rotatable bonds is 8. The van der Waals surface area contributed by atoms with Crippen molar-refractivity contribution in [1.82, 2.24) is 10.6 Å². The molecule has 2 amide bonds. The van der Waals surface area contributed by atoms with Gasteiger partial charge in [-0.1, -0.05) is 6.07 Å². The molecule has 0 spiro atoms. The van der Waals surface area contributed by atoms with E-state index in [9.17, 15) is 4.79 Å². The number of benzene rings is 2. The summed E-state index contributed by atoms with van der Waals surface area (Å²) in [6, 6.07) is 13.8. The van der Waals surface area contributed by atoms with E-state index < -0.39 is 0 Å². The Kier molecular flexibility index (Phi) is 7.65. The Hall–Kier alpha value is -3.09. The highest BCUT2D eigenvalue weighted by atomic mass is 16.5. The van der Waals surface area contributed by atoms with Crippen molar-refractivity contribution in [2.45, 2.75) is 32.4 Å². The lowest BCUT2D eigenvalue weighted by molar-refractivity contribution is 0.234. The largest absolute Gasteiger partial charge is 0.497 e. The summed E-state index contributed by atoms with van der Waals surface area (Å²) in [7, 11) is 3.28. The van der Waals surface area contributed by atoms with Gasteiger partial charge in [0, 0.05) is 31.4 Å². The smallest absolute Gasteiger partial charge is 0.315 e. The van der Waals surface area contributed by atoms with Gasteiger partial charge in [0.2, 0.25) is 0 Å². The highest BCUT2D eigenvalue weighted by Crippen LogP contribution is 2.28. The van der Waals surface area contributed by atoms with Crippen LogP contribution in [-0.2, 0) is 6.54 Å². The van der Waals surface area contributed by atoms with Crippen molar-refractivity contribution in [1.29, 1.82) is 0 Å². The fourth-order valence-corrected chi connectivity index (χ4v) is 3.59. The number of methoxy groups -OCH3 is 2. The first-order valence-electron chi connectivity index (χ1n) is 10.4. The summed E-state index contributed by atoms with van der Waals surface area (Å²) in [5.74, 6) is 2.23. The van der Waals surface area contributed by atoms with E-state index in [0.29, 0.717) is 24.7 Å². The molecule has 0 radical (unpaired) electrons. The van der Waals surface area contributed by atoms with Gasteiger partial charge in [0.15, 0.2) is 11.5 Å². The molecule has 0 unspecified atom stereocenters. The molecule has 0 bridgehead atoms. The maximum atomic E-state index is 12.3. The van der Waals surface area contributed by atoms with Crippen molar-refractivity contribution in [3.8, 4) is 17.2 Å². The maximum absolute atomic E-state index is 12.3. The number of ether oxygens (including phenoxy) is 3. The van der Waals surface area contributed by atoms with E-state index in [0.717, 1.165) is 37.2 Å². The summed E-state index contributed by atoms with van der Waals surface area (Å²) < 4.78 is 16.1. The summed E-state index contributed by atoms with van der Waals surface area (Å²) in [6.45, 7) is 4.76. The Labute approximate surface area is 178 Å². The zero-order chi connectivity index (χ0) is 21.3. The molecule has 1 aliphatic heterocycles. The van der Waals surface area contributed by atoms with Crippen LogP contribution in [0.3, 0.4) is 0 Å². The fourth-order valence-electron chi connectivity index (χ4n) is 3.59. The molecule has 162 valence electrons. The topological polar surface area (TPSA) is 72.1 Å². The average molecular weight is 414 g/mol. The molecular weight excluding hydrogens is 382 g/mol. The van der Waals surface area contributed by atoms with Gasteiger partial charge in [-0.2, -0.15) is 0 Å². The van der Waals surface area contributed by atoms with Crippen molar-refractivity contribution in [3.05, 3.63) is 48.0 Å². The SMILES string of the molecule is CCOc1ccc(CNC(=O)NC2CCN(c3ccc(OC)cc3)CC2)cc1OC. The molecule has 7 heteroatoms. The number of nitrogens with one attached hydrogen (secondary N) is 2. The number of nitrogens with zero attached hydrogens (tertiary/aromatic N) is 1. The second kappa shape index (κ2) is 10.6. The van der Waals surface area contributed by atoms with Crippen LogP contribution >= 0.6 is 0 Å². The van der Waals surface area contributed by atoms with Gasteiger partial charge in [-0.15, -0.1) is 0 Å². The van der Waals surface area contributed by atoms with Crippen LogP contribution in [0.15, 0.2) is 42.5 Å². The minimum absolute atomic E-state index is 0.147. The van der Waals surface area contributed by atoms with Gasteiger partial charge in [0.1, 0.15) is 5.75 Å². The number of hydrogen-bond acceptors (Lipinski definition) is 5. The lowest BCUT2D eigenvalue weighted by Crippen LogP contribution is -2.47. The molecule has 2 aromatic carbocycles. The standard InChI is InChI=1S/C23H31N3O4/c1-4-30-21-10-5-17(15-22(21)29-3)16-24-23(27)25-18-11-13-26(14-12-18)19-6-8-20(28-2)9-7-19/h5-10,15,18H,4,11-14,16H2,1-3H3,(H2,24,25,27). The highest BCUT2D eigenvalue weighted by Gasteiger charge is 2.21. The second-order valence-corrected chi connectivity index (χ2v) is 7.20. The zero-order valence-electron chi connectivity index (χ0n) is 17.9. The van der Waals surface area contributed by atoms with Crippen LogP contribution in [0.5, 0.6) is 17.2 Å². The molecule has 7 nitrogen and oxygen atoms in total. The Morgan fingerprint density at radius 2 is 1.77 bits per heavy atom. The predicted molar refractivity (Wildman–Crippen MR) is 118 cm³/mol. The zero-order valence-corrected chi connectivity index (χ0v) is 17.9.